The van der Waals surface area contributed by atoms with E-state index in [-0.39, 0.29) is 5.78 Å². The van der Waals surface area contributed by atoms with Crippen molar-refractivity contribution in [2.24, 2.45) is 7.05 Å². The van der Waals surface area contributed by atoms with Gasteiger partial charge in [-0.05, 0) is 19.1 Å². The zero-order valence-electron chi connectivity index (χ0n) is 9.14. The van der Waals surface area contributed by atoms with Gasteiger partial charge in [-0.15, -0.1) is 0 Å². The fraction of sp³-hybridized carbons (Fsp3) is 0.182. The summed E-state index contributed by atoms with van der Waals surface area (Å²) in [5.41, 5.74) is 7.41. The zero-order chi connectivity index (χ0) is 11.7. The number of rotatable bonds is 2. The third kappa shape index (κ3) is 1.56. The third-order valence-corrected chi connectivity index (χ3v) is 2.42. The molecule has 82 valence electrons. The quantitative estimate of drug-likeness (QED) is 0.758. The molecule has 0 saturated carbocycles. The van der Waals surface area contributed by atoms with Crippen molar-refractivity contribution in [3.05, 3.63) is 41.3 Å². The van der Waals surface area contributed by atoms with Crippen molar-refractivity contribution in [1.29, 1.82) is 0 Å². The second-order valence-electron chi connectivity index (χ2n) is 3.54. The average molecular weight is 216 g/mol. The molecule has 2 aromatic heterocycles. The van der Waals surface area contributed by atoms with Gasteiger partial charge in [0.25, 0.3) is 0 Å². The van der Waals surface area contributed by atoms with Gasteiger partial charge in [0.1, 0.15) is 5.82 Å². The molecule has 5 heteroatoms. The fourth-order valence-electron chi connectivity index (χ4n) is 1.60. The smallest absolute Gasteiger partial charge is 0.200 e. The number of ketones is 1. The van der Waals surface area contributed by atoms with Gasteiger partial charge in [0.05, 0.1) is 11.3 Å². The first-order chi connectivity index (χ1) is 7.61. The molecule has 2 heterocycles. The number of aromatic nitrogens is 3. The number of hydrogen-bond donors (Lipinski definition) is 1. The van der Waals surface area contributed by atoms with Crippen LogP contribution < -0.4 is 5.73 Å². The average Bonchev–Trinajstić information content (AvgIpc) is 2.54. The van der Waals surface area contributed by atoms with E-state index in [4.69, 9.17) is 5.73 Å². The minimum Gasteiger partial charge on any atom is -0.383 e. The second kappa shape index (κ2) is 3.77. The summed E-state index contributed by atoms with van der Waals surface area (Å²) in [4.78, 5) is 16.0. The molecule has 0 saturated heterocycles. The summed E-state index contributed by atoms with van der Waals surface area (Å²) < 4.78 is 1.50. The largest absolute Gasteiger partial charge is 0.383 e. The fourth-order valence-corrected chi connectivity index (χ4v) is 1.60. The number of nitrogens with two attached hydrogens (primary N) is 1. The van der Waals surface area contributed by atoms with Crippen LogP contribution in [-0.4, -0.2) is 20.5 Å². The van der Waals surface area contributed by atoms with Crippen molar-refractivity contribution in [3.63, 3.8) is 0 Å². The van der Waals surface area contributed by atoms with Gasteiger partial charge in [-0.2, -0.15) is 5.10 Å². The number of anilines is 1. The molecule has 0 aliphatic carbocycles. The van der Waals surface area contributed by atoms with E-state index in [0.29, 0.717) is 22.6 Å². The summed E-state index contributed by atoms with van der Waals surface area (Å²) in [6.07, 6.45) is 3.14. The molecule has 0 aliphatic heterocycles. The van der Waals surface area contributed by atoms with Gasteiger partial charge in [0.15, 0.2) is 5.78 Å². The number of nitrogens with zero attached hydrogens (tertiary/aromatic N) is 3. The van der Waals surface area contributed by atoms with E-state index in [2.05, 4.69) is 10.1 Å². The lowest BCUT2D eigenvalue weighted by Gasteiger charge is -2.00. The van der Waals surface area contributed by atoms with Gasteiger partial charge in [-0.25, -0.2) is 0 Å². The topological polar surface area (TPSA) is 73.8 Å². The lowest BCUT2D eigenvalue weighted by molar-refractivity contribution is 0.103. The first-order valence-electron chi connectivity index (χ1n) is 4.85. The SMILES string of the molecule is Cc1nn(C)c(N)c1C(=O)c1cccnc1. The lowest BCUT2D eigenvalue weighted by Crippen LogP contribution is -2.07. The highest BCUT2D eigenvalue weighted by Gasteiger charge is 2.19. The number of nitrogen functional groups attached to an aromatic ring is 1. The molecule has 2 rings (SSSR count). The van der Waals surface area contributed by atoms with E-state index in [1.165, 1.54) is 10.9 Å². The van der Waals surface area contributed by atoms with Gasteiger partial charge in [-0.3, -0.25) is 14.5 Å². The lowest BCUT2D eigenvalue weighted by atomic mass is 10.1. The van der Waals surface area contributed by atoms with E-state index in [1.807, 2.05) is 0 Å². The molecule has 0 atom stereocenters. The maximum atomic E-state index is 12.1. The molecule has 2 N–H and O–H groups in total. The van der Waals surface area contributed by atoms with Gasteiger partial charge in [0, 0.05) is 25.0 Å². The third-order valence-electron chi connectivity index (χ3n) is 2.42. The van der Waals surface area contributed by atoms with Crippen LogP contribution in [0.5, 0.6) is 0 Å². The van der Waals surface area contributed by atoms with Crippen LogP contribution >= 0.6 is 0 Å². The number of pyridine rings is 1. The van der Waals surface area contributed by atoms with Crippen molar-refractivity contribution in [1.82, 2.24) is 14.8 Å². The predicted octanol–water partition coefficient (Wildman–Crippen LogP) is 0.937. The molecule has 0 aliphatic rings. The monoisotopic (exact) mass is 216 g/mol. The van der Waals surface area contributed by atoms with E-state index in [9.17, 15) is 4.79 Å². The summed E-state index contributed by atoms with van der Waals surface area (Å²) >= 11 is 0. The van der Waals surface area contributed by atoms with Crippen molar-refractivity contribution in [2.45, 2.75) is 6.92 Å². The molecule has 2 aromatic rings. The van der Waals surface area contributed by atoms with Crippen molar-refractivity contribution < 1.29 is 4.79 Å². The van der Waals surface area contributed by atoms with Crippen LogP contribution in [0.25, 0.3) is 0 Å². The van der Waals surface area contributed by atoms with Crippen molar-refractivity contribution in [2.75, 3.05) is 5.73 Å². The molecule has 0 spiro atoms. The van der Waals surface area contributed by atoms with Crippen LogP contribution in [0.2, 0.25) is 0 Å². The minimum absolute atomic E-state index is 0.142. The molecule has 0 radical (unpaired) electrons. The number of hydrogen-bond acceptors (Lipinski definition) is 4. The van der Waals surface area contributed by atoms with E-state index < -0.39 is 0 Å². The predicted molar refractivity (Wildman–Crippen MR) is 60.0 cm³/mol. The highest BCUT2D eigenvalue weighted by Crippen LogP contribution is 2.18. The first-order valence-corrected chi connectivity index (χ1v) is 4.85. The minimum atomic E-state index is -0.142. The van der Waals surface area contributed by atoms with E-state index in [0.717, 1.165) is 0 Å². The van der Waals surface area contributed by atoms with Crippen LogP contribution in [0.3, 0.4) is 0 Å². The Bertz CT molecular complexity index is 530. The molecule has 0 fully saturated rings. The molecular weight excluding hydrogens is 204 g/mol. The summed E-state index contributed by atoms with van der Waals surface area (Å²) in [5.74, 6) is 0.238. The van der Waals surface area contributed by atoms with Crippen LogP contribution in [0.15, 0.2) is 24.5 Å². The molecule has 0 amide bonds. The van der Waals surface area contributed by atoms with Gasteiger partial charge >= 0.3 is 0 Å². The molecule has 0 aromatic carbocycles. The van der Waals surface area contributed by atoms with Crippen LogP contribution in [0, 0.1) is 6.92 Å². The van der Waals surface area contributed by atoms with Gasteiger partial charge < -0.3 is 5.73 Å². The molecule has 5 nitrogen and oxygen atoms in total. The molecule has 0 bridgehead atoms. The first kappa shape index (κ1) is 10.4. The number of aryl methyl sites for hydroxylation is 2. The van der Waals surface area contributed by atoms with Crippen molar-refractivity contribution >= 4 is 11.6 Å². The summed E-state index contributed by atoms with van der Waals surface area (Å²) in [7, 11) is 1.71. The second-order valence-corrected chi connectivity index (χ2v) is 3.54. The Balaban J connectivity index is 2.50. The standard InChI is InChI=1S/C11H12N4O/c1-7-9(11(12)15(2)14-7)10(16)8-4-3-5-13-6-8/h3-6H,12H2,1-2H3. The van der Waals surface area contributed by atoms with Crippen LogP contribution in [0.1, 0.15) is 21.6 Å². The normalized spacial score (nSPS) is 10.4. The summed E-state index contributed by atoms with van der Waals surface area (Å²) in [5, 5.41) is 4.11. The van der Waals surface area contributed by atoms with Gasteiger partial charge in [0.2, 0.25) is 0 Å². The van der Waals surface area contributed by atoms with Crippen LogP contribution in [0.4, 0.5) is 5.82 Å². The van der Waals surface area contributed by atoms with Gasteiger partial charge in [-0.1, -0.05) is 0 Å². The molecule has 16 heavy (non-hydrogen) atoms. The van der Waals surface area contributed by atoms with E-state index >= 15 is 0 Å². The highest BCUT2D eigenvalue weighted by atomic mass is 16.1. The Labute approximate surface area is 92.9 Å². The number of carbonyl (C=O) groups is 1. The molecular formula is C11H12N4O. The number of carbonyl (C=O) groups excluding carboxylic acids is 1. The summed E-state index contributed by atoms with van der Waals surface area (Å²) in [6, 6.07) is 3.43. The van der Waals surface area contributed by atoms with Crippen LogP contribution in [-0.2, 0) is 7.05 Å². The van der Waals surface area contributed by atoms with Crippen molar-refractivity contribution in [3.8, 4) is 0 Å². The highest BCUT2D eigenvalue weighted by molar-refractivity contribution is 6.12. The Morgan fingerprint density at radius 3 is 2.75 bits per heavy atom. The zero-order valence-corrected chi connectivity index (χ0v) is 9.14. The Kier molecular flexibility index (Phi) is 2.44. The molecule has 0 unspecified atom stereocenters. The summed E-state index contributed by atoms with van der Waals surface area (Å²) in [6.45, 7) is 1.76. The van der Waals surface area contributed by atoms with E-state index in [1.54, 1.807) is 32.3 Å². The Morgan fingerprint density at radius 1 is 1.50 bits per heavy atom. The Hall–Kier alpha value is -2.17. The maximum Gasteiger partial charge on any atom is 0.200 e. The maximum absolute atomic E-state index is 12.1. The Morgan fingerprint density at radius 2 is 2.25 bits per heavy atom.